The number of ether oxygens (including phenoxy) is 1. The van der Waals surface area contributed by atoms with Crippen LogP contribution in [0.4, 0.5) is 8.78 Å². The minimum atomic E-state index is -2.76. The van der Waals surface area contributed by atoms with Crippen LogP contribution < -0.4 is 10.1 Å². The molecule has 0 saturated carbocycles. The Hall–Kier alpha value is -3.03. The van der Waals surface area contributed by atoms with Crippen molar-refractivity contribution in [2.45, 2.75) is 26.7 Å². The Balaban J connectivity index is 2.02. The van der Waals surface area contributed by atoms with Gasteiger partial charge in [-0.2, -0.15) is 5.10 Å². The van der Waals surface area contributed by atoms with Crippen molar-refractivity contribution in [2.24, 2.45) is 5.92 Å². The number of halogens is 2. The SMILES string of the molecule is COc1ccc(-c2cc(C(F)F)n3ncc(C(=O)NCCC(C)C)c3n2)cc1. The molecule has 0 atom stereocenters. The summed E-state index contributed by atoms with van der Waals surface area (Å²) in [5.41, 5.74) is 0.920. The number of methoxy groups -OCH3 is 1. The van der Waals surface area contributed by atoms with Gasteiger partial charge < -0.3 is 10.1 Å². The number of fused-ring (bicyclic) bond motifs is 1. The number of rotatable bonds is 7. The standard InChI is InChI=1S/C20H22F2N4O2/c1-12(2)8-9-23-20(27)15-11-24-26-17(18(21)22)10-16(25-19(15)26)13-4-6-14(28-3)7-5-13/h4-7,10-12,18H,8-9H2,1-3H3,(H,23,27). The van der Waals surface area contributed by atoms with Crippen molar-refractivity contribution in [2.75, 3.05) is 13.7 Å². The van der Waals surface area contributed by atoms with Crippen LogP contribution >= 0.6 is 0 Å². The molecule has 0 spiro atoms. The number of hydrogen-bond acceptors (Lipinski definition) is 4. The smallest absolute Gasteiger partial charge is 0.280 e. The predicted octanol–water partition coefficient (Wildman–Crippen LogP) is 4.12. The number of alkyl halides is 2. The summed E-state index contributed by atoms with van der Waals surface area (Å²) in [5, 5.41) is 6.75. The first-order chi connectivity index (χ1) is 13.4. The quantitative estimate of drug-likeness (QED) is 0.661. The van der Waals surface area contributed by atoms with E-state index in [0.29, 0.717) is 29.5 Å². The lowest BCUT2D eigenvalue weighted by Crippen LogP contribution is -2.25. The maximum absolute atomic E-state index is 13.6. The second kappa shape index (κ2) is 8.33. The van der Waals surface area contributed by atoms with E-state index in [4.69, 9.17) is 4.74 Å². The Labute approximate surface area is 161 Å². The average Bonchev–Trinajstić information content (AvgIpc) is 3.10. The highest BCUT2D eigenvalue weighted by atomic mass is 19.3. The Bertz CT molecular complexity index is 968. The van der Waals surface area contributed by atoms with Gasteiger partial charge in [-0.1, -0.05) is 13.8 Å². The molecule has 28 heavy (non-hydrogen) atoms. The second-order valence-electron chi connectivity index (χ2n) is 6.83. The molecular formula is C20H22F2N4O2. The highest BCUT2D eigenvalue weighted by Gasteiger charge is 2.21. The van der Waals surface area contributed by atoms with Crippen molar-refractivity contribution in [3.63, 3.8) is 0 Å². The first-order valence-corrected chi connectivity index (χ1v) is 9.00. The van der Waals surface area contributed by atoms with Crippen LogP contribution in [0.5, 0.6) is 5.75 Å². The van der Waals surface area contributed by atoms with E-state index in [1.165, 1.54) is 12.3 Å². The molecule has 0 bridgehead atoms. The van der Waals surface area contributed by atoms with Crippen LogP contribution in [0.2, 0.25) is 0 Å². The Morgan fingerprint density at radius 2 is 1.96 bits per heavy atom. The van der Waals surface area contributed by atoms with Crippen LogP contribution in [0.25, 0.3) is 16.9 Å². The van der Waals surface area contributed by atoms with Crippen molar-refractivity contribution < 1.29 is 18.3 Å². The van der Waals surface area contributed by atoms with Gasteiger partial charge in [0.25, 0.3) is 12.3 Å². The molecule has 0 aliphatic heterocycles. The third kappa shape index (κ3) is 4.11. The summed E-state index contributed by atoms with van der Waals surface area (Å²) < 4.78 is 33.4. The Morgan fingerprint density at radius 1 is 1.25 bits per heavy atom. The van der Waals surface area contributed by atoms with E-state index in [1.807, 2.05) is 0 Å². The molecule has 2 aromatic heterocycles. The van der Waals surface area contributed by atoms with E-state index in [0.717, 1.165) is 10.9 Å². The topological polar surface area (TPSA) is 68.5 Å². The summed E-state index contributed by atoms with van der Waals surface area (Å²) in [5.74, 6) is 0.707. The van der Waals surface area contributed by atoms with Gasteiger partial charge in [-0.15, -0.1) is 0 Å². The van der Waals surface area contributed by atoms with E-state index in [9.17, 15) is 13.6 Å². The van der Waals surface area contributed by atoms with E-state index in [1.54, 1.807) is 31.4 Å². The average molecular weight is 388 g/mol. The predicted molar refractivity (Wildman–Crippen MR) is 102 cm³/mol. The van der Waals surface area contributed by atoms with E-state index in [2.05, 4.69) is 29.2 Å². The number of nitrogens with one attached hydrogen (secondary N) is 1. The summed E-state index contributed by atoms with van der Waals surface area (Å²) >= 11 is 0. The van der Waals surface area contributed by atoms with Gasteiger partial charge in [0.05, 0.1) is 19.0 Å². The number of nitrogens with zero attached hydrogens (tertiary/aromatic N) is 3. The fourth-order valence-electron chi connectivity index (χ4n) is 2.78. The van der Waals surface area contributed by atoms with Crippen LogP contribution in [0, 0.1) is 5.92 Å². The Kier molecular flexibility index (Phi) is 5.87. The largest absolute Gasteiger partial charge is 0.497 e. The first kappa shape index (κ1) is 19.7. The lowest BCUT2D eigenvalue weighted by molar-refractivity contribution is 0.0953. The third-order valence-corrected chi connectivity index (χ3v) is 4.36. The van der Waals surface area contributed by atoms with Gasteiger partial charge in [0.1, 0.15) is 17.0 Å². The number of hydrogen-bond donors (Lipinski definition) is 1. The van der Waals surface area contributed by atoms with E-state index >= 15 is 0 Å². The van der Waals surface area contributed by atoms with Crippen LogP contribution in [-0.2, 0) is 0 Å². The van der Waals surface area contributed by atoms with Gasteiger partial charge in [-0.25, -0.2) is 18.3 Å². The monoisotopic (exact) mass is 388 g/mol. The number of carbonyl (C=O) groups excluding carboxylic acids is 1. The molecule has 148 valence electrons. The van der Waals surface area contributed by atoms with Crippen molar-refractivity contribution in [3.05, 3.63) is 47.8 Å². The summed E-state index contributed by atoms with van der Waals surface area (Å²) in [6.45, 7) is 4.60. The van der Waals surface area contributed by atoms with Gasteiger partial charge in [0, 0.05) is 12.1 Å². The number of benzene rings is 1. The van der Waals surface area contributed by atoms with Crippen molar-refractivity contribution >= 4 is 11.6 Å². The van der Waals surface area contributed by atoms with Gasteiger partial charge in [0.2, 0.25) is 0 Å². The number of aromatic nitrogens is 3. The lowest BCUT2D eigenvalue weighted by Gasteiger charge is -2.10. The molecule has 2 heterocycles. The fraction of sp³-hybridized carbons (Fsp3) is 0.350. The molecule has 0 aliphatic carbocycles. The molecular weight excluding hydrogens is 366 g/mol. The molecule has 0 unspecified atom stereocenters. The second-order valence-corrected chi connectivity index (χ2v) is 6.83. The Morgan fingerprint density at radius 3 is 2.57 bits per heavy atom. The van der Waals surface area contributed by atoms with Gasteiger partial charge in [-0.3, -0.25) is 4.79 Å². The third-order valence-electron chi connectivity index (χ3n) is 4.36. The van der Waals surface area contributed by atoms with Gasteiger partial charge >= 0.3 is 0 Å². The van der Waals surface area contributed by atoms with Crippen molar-refractivity contribution in [1.29, 1.82) is 0 Å². The molecule has 1 amide bonds. The van der Waals surface area contributed by atoms with Crippen LogP contribution in [-0.4, -0.2) is 34.2 Å². The maximum Gasteiger partial charge on any atom is 0.280 e. The minimum absolute atomic E-state index is 0.102. The van der Waals surface area contributed by atoms with E-state index < -0.39 is 6.43 Å². The van der Waals surface area contributed by atoms with Crippen molar-refractivity contribution in [3.8, 4) is 17.0 Å². The molecule has 1 N–H and O–H groups in total. The number of amides is 1. The van der Waals surface area contributed by atoms with Crippen LogP contribution in [0.15, 0.2) is 36.5 Å². The molecule has 3 rings (SSSR count). The summed E-state index contributed by atoms with van der Waals surface area (Å²) in [6.07, 6.45) is -0.673. The lowest BCUT2D eigenvalue weighted by atomic mass is 10.1. The first-order valence-electron chi connectivity index (χ1n) is 9.00. The molecule has 3 aromatic rings. The summed E-state index contributed by atoms with van der Waals surface area (Å²) in [6, 6.07) is 8.18. The highest BCUT2D eigenvalue weighted by Crippen LogP contribution is 2.27. The molecule has 0 fully saturated rings. The normalized spacial score (nSPS) is 11.4. The molecule has 1 aromatic carbocycles. The summed E-state index contributed by atoms with van der Waals surface area (Å²) in [7, 11) is 1.55. The van der Waals surface area contributed by atoms with Crippen LogP contribution in [0.3, 0.4) is 0 Å². The van der Waals surface area contributed by atoms with E-state index in [-0.39, 0.29) is 22.8 Å². The zero-order chi connectivity index (χ0) is 20.3. The fourth-order valence-corrected chi connectivity index (χ4v) is 2.78. The highest BCUT2D eigenvalue weighted by molar-refractivity contribution is 5.99. The minimum Gasteiger partial charge on any atom is -0.497 e. The van der Waals surface area contributed by atoms with Crippen molar-refractivity contribution in [1.82, 2.24) is 19.9 Å². The van der Waals surface area contributed by atoms with Gasteiger partial charge in [-0.05, 0) is 42.7 Å². The maximum atomic E-state index is 13.6. The zero-order valence-corrected chi connectivity index (χ0v) is 15.9. The molecule has 0 aliphatic rings. The van der Waals surface area contributed by atoms with Gasteiger partial charge in [0.15, 0.2) is 5.65 Å². The molecule has 0 radical (unpaired) electrons. The molecule has 8 heteroatoms. The zero-order valence-electron chi connectivity index (χ0n) is 15.9. The molecule has 0 saturated heterocycles. The molecule has 6 nitrogen and oxygen atoms in total. The van der Waals surface area contributed by atoms with Crippen LogP contribution in [0.1, 0.15) is 42.7 Å². The number of carbonyl (C=O) groups is 1. The summed E-state index contributed by atoms with van der Waals surface area (Å²) in [4.78, 5) is 16.9.